The number of rotatable bonds is 1. The maximum atomic E-state index is 3.96. The maximum absolute atomic E-state index is 3.96. The fourth-order valence-electron chi connectivity index (χ4n) is 6.00. The Morgan fingerprint density at radius 3 is 2.06 bits per heavy atom. The van der Waals surface area contributed by atoms with E-state index in [9.17, 15) is 0 Å². The Morgan fingerprint density at radius 1 is 0.889 bits per heavy atom. The van der Waals surface area contributed by atoms with E-state index >= 15 is 0 Å². The quantitative estimate of drug-likeness (QED) is 0.744. The van der Waals surface area contributed by atoms with Crippen molar-refractivity contribution in [1.29, 1.82) is 0 Å². The highest BCUT2D eigenvalue weighted by Crippen LogP contribution is 2.57. The van der Waals surface area contributed by atoms with Crippen LogP contribution in [0.15, 0.2) is 0 Å². The van der Waals surface area contributed by atoms with Crippen molar-refractivity contribution >= 4 is 0 Å². The van der Waals surface area contributed by atoms with Gasteiger partial charge in [0.2, 0.25) is 0 Å². The summed E-state index contributed by atoms with van der Waals surface area (Å²) in [5.41, 5.74) is 0.289. The van der Waals surface area contributed by atoms with Gasteiger partial charge in [-0.15, -0.1) is 0 Å². The summed E-state index contributed by atoms with van der Waals surface area (Å²) >= 11 is 0. The van der Waals surface area contributed by atoms with Gasteiger partial charge in [0.15, 0.2) is 0 Å². The number of piperazine rings is 1. The average Bonchev–Trinajstić information content (AvgIpc) is 2.25. The molecule has 0 spiro atoms. The molecule has 5 aliphatic rings. The molecule has 0 aromatic carbocycles. The fourth-order valence-corrected chi connectivity index (χ4v) is 6.00. The molecular weight excluding hydrogens is 220 g/mol. The minimum atomic E-state index is 0.289. The van der Waals surface area contributed by atoms with E-state index in [-0.39, 0.29) is 5.54 Å². The minimum Gasteiger partial charge on any atom is -0.313 e. The zero-order valence-electron chi connectivity index (χ0n) is 11.9. The summed E-state index contributed by atoms with van der Waals surface area (Å²) in [4.78, 5) is 0. The zero-order valence-corrected chi connectivity index (χ0v) is 11.9. The Hall–Kier alpha value is -0.0800. The Labute approximate surface area is 111 Å². The second-order valence-electron chi connectivity index (χ2n) is 8.27. The summed E-state index contributed by atoms with van der Waals surface area (Å²) in [6, 6.07) is 0.740. The highest BCUT2D eigenvalue weighted by atomic mass is 15.1. The van der Waals surface area contributed by atoms with E-state index in [1.807, 2.05) is 0 Å². The van der Waals surface area contributed by atoms with Crippen molar-refractivity contribution in [2.45, 2.75) is 57.5 Å². The first-order valence-corrected chi connectivity index (χ1v) is 8.09. The molecule has 1 unspecified atom stereocenters. The first kappa shape index (κ1) is 11.7. The van der Waals surface area contributed by atoms with Gasteiger partial charge in [-0.1, -0.05) is 0 Å². The van der Waals surface area contributed by atoms with Gasteiger partial charge in [0.1, 0.15) is 0 Å². The average molecular weight is 248 g/mol. The summed E-state index contributed by atoms with van der Waals surface area (Å²) in [7, 11) is 0. The van der Waals surface area contributed by atoms with Crippen LogP contribution in [0.3, 0.4) is 0 Å². The maximum Gasteiger partial charge on any atom is 0.0252 e. The Morgan fingerprint density at radius 2 is 1.50 bits per heavy atom. The van der Waals surface area contributed by atoms with Gasteiger partial charge < -0.3 is 10.6 Å². The summed E-state index contributed by atoms with van der Waals surface area (Å²) < 4.78 is 0. The van der Waals surface area contributed by atoms with Crippen LogP contribution < -0.4 is 10.6 Å². The molecule has 0 radical (unpaired) electrons. The van der Waals surface area contributed by atoms with Gasteiger partial charge >= 0.3 is 0 Å². The van der Waals surface area contributed by atoms with Crippen LogP contribution in [0.2, 0.25) is 0 Å². The molecule has 2 heteroatoms. The molecule has 18 heavy (non-hydrogen) atoms. The van der Waals surface area contributed by atoms with E-state index in [1.165, 1.54) is 6.54 Å². The van der Waals surface area contributed by atoms with Crippen LogP contribution in [-0.4, -0.2) is 24.7 Å². The number of hydrogen-bond donors (Lipinski definition) is 2. The van der Waals surface area contributed by atoms with E-state index < -0.39 is 0 Å². The molecule has 5 rings (SSSR count). The van der Waals surface area contributed by atoms with E-state index in [0.29, 0.717) is 0 Å². The predicted octanol–water partition coefficient (Wildman–Crippen LogP) is 2.40. The molecule has 5 fully saturated rings. The molecule has 2 nitrogen and oxygen atoms in total. The predicted molar refractivity (Wildman–Crippen MR) is 74.4 cm³/mol. The van der Waals surface area contributed by atoms with Crippen molar-refractivity contribution in [3.63, 3.8) is 0 Å². The number of nitrogens with one attached hydrogen (secondary N) is 2. The molecule has 102 valence electrons. The first-order valence-electron chi connectivity index (χ1n) is 8.09. The smallest absolute Gasteiger partial charge is 0.0252 e. The molecule has 0 aromatic rings. The SMILES string of the molecule is CC1(C)CNCC(C2C3CC4CC(C3)CC2C4)N1. The topological polar surface area (TPSA) is 24.1 Å². The van der Waals surface area contributed by atoms with Crippen LogP contribution >= 0.6 is 0 Å². The highest BCUT2D eigenvalue weighted by molar-refractivity contribution is 5.04. The lowest BCUT2D eigenvalue weighted by Crippen LogP contribution is -2.66. The van der Waals surface area contributed by atoms with Crippen LogP contribution in [0.25, 0.3) is 0 Å². The summed E-state index contributed by atoms with van der Waals surface area (Å²) in [5, 5.41) is 7.63. The van der Waals surface area contributed by atoms with Gasteiger partial charge in [-0.25, -0.2) is 0 Å². The van der Waals surface area contributed by atoms with Crippen molar-refractivity contribution < 1.29 is 0 Å². The summed E-state index contributed by atoms with van der Waals surface area (Å²) in [6.45, 7) is 7.03. The molecule has 4 bridgehead atoms. The molecule has 1 atom stereocenters. The van der Waals surface area contributed by atoms with Crippen LogP contribution in [0, 0.1) is 29.6 Å². The second kappa shape index (κ2) is 3.96. The lowest BCUT2D eigenvalue weighted by molar-refractivity contribution is -0.0583. The fraction of sp³-hybridized carbons (Fsp3) is 1.00. The second-order valence-corrected chi connectivity index (χ2v) is 8.27. The van der Waals surface area contributed by atoms with Gasteiger partial charge in [0.25, 0.3) is 0 Å². The summed E-state index contributed by atoms with van der Waals surface area (Å²) in [5.74, 6) is 5.29. The Bertz CT molecular complexity index is 308. The van der Waals surface area contributed by atoms with E-state index in [4.69, 9.17) is 0 Å². The van der Waals surface area contributed by atoms with Crippen LogP contribution in [0.1, 0.15) is 46.0 Å². The monoisotopic (exact) mass is 248 g/mol. The molecule has 1 saturated heterocycles. The van der Waals surface area contributed by atoms with Gasteiger partial charge in [0, 0.05) is 24.7 Å². The van der Waals surface area contributed by atoms with Gasteiger partial charge in [0.05, 0.1) is 0 Å². The van der Waals surface area contributed by atoms with Gasteiger partial charge in [-0.3, -0.25) is 0 Å². The third kappa shape index (κ3) is 1.84. The Balaban J connectivity index is 1.54. The molecule has 4 saturated carbocycles. The third-order valence-corrected chi connectivity index (χ3v) is 6.27. The van der Waals surface area contributed by atoms with Crippen molar-refractivity contribution in [2.24, 2.45) is 29.6 Å². The normalized spacial score (nSPS) is 53.7. The molecule has 1 heterocycles. The van der Waals surface area contributed by atoms with Crippen LogP contribution in [0.5, 0.6) is 0 Å². The first-order chi connectivity index (χ1) is 8.61. The molecular formula is C16H28N2. The molecule has 4 aliphatic carbocycles. The summed E-state index contributed by atoms with van der Waals surface area (Å²) in [6.07, 6.45) is 7.78. The standard InChI is InChI=1S/C16H28N2/c1-16(2)9-17-8-14(18-16)15-12-4-10-3-11(6-12)7-13(15)5-10/h10-15,17-18H,3-9H2,1-2H3. The zero-order chi connectivity index (χ0) is 12.3. The van der Waals surface area contributed by atoms with Crippen molar-refractivity contribution in [3.05, 3.63) is 0 Å². The lowest BCUT2D eigenvalue weighted by atomic mass is 9.50. The van der Waals surface area contributed by atoms with Gasteiger partial charge in [-0.05, 0) is 75.5 Å². The van der Waals surface area contributed by atoms with E-state index in [2.05, 4.69) is 24.5 Å². The van der Waals surface area contributed by atoms with Crippen molar-refractivity contribution in [3.8, 4) is 0 Å². The van der Waals surface area contributed by atoms with E-state index in [0.717, 1.165) is 42.2 Å². The number of hydrogen-bond acceptors (Lipinski definition) is 2. The molecule has 0 aromatic heterocycles. The molecule has 0 amide bonds. The molecule has 1 aliphatic heterocycles. The largest absolute Gasteiger partial charge is 0.313 e. The van der Waals surface area contributed by atoms with Gasteiger partial charge in [-0.2, -0.15) is 0 Å². The third-order valence-electron chi connectivity index (χ3n) is 6.27. The van der Waals surface area contributed by atoms with Crippen LogP contribution in [0.4, 0.5) is 0 Å². The molecule has 2 N–H and O–H groups in total. The highest BCUT2D eigenvalue weighted by Gasteiger charge is 2.51. The van der Waals surface area contributed by atoms with Crippen LogP contribution in [-0.2, 0) is 0 Å². The Kier molecular flexibility index (Phi) is 2.58. The van der Waals surface area contributed by atoms with Crippen molar-refractivity contribution in [1.82, 2.24) is 10.6 Å². The van der Waals surface area contributed by atoms with E-state index in [1.54, 1.807) is 32.1 Å². The minimum absolute atomic E-state index is 0.289. The lowest BCUT2D eigenvalue weighted by Gasteiger charge is -2.58. The van der Waals surface area contributed by atoms with Crippen molar-refractivity contribution in [2.75, 3.05) is 13.1 Å².